The van der Waals surface area contributed by atoms with E-state index >= 15 is 0 Å². The molecule has 0 saturated heterocycles. The fraction of sp³-hybridized carbons (Fsp3) is 0.0556. The van der Waals surface area contributed by atoms with Crippen LogP contribution < -0.4 is 0 Å². The van der Waals surface area contributed by atoms with E-state index in [0.29, 0.717) is 22.6 Å². The summed E-state index contributed by atoms with van der Waals surface area (Å²) >= 11 is 0. The highest BCUT2D eigenvalue weighted by molar-refractivity contribution is 5.70. The van der Waals surface area contributed by atoms with Gasteiger partial charge in [-0.2, -0.15) is 13.2 Å². The molecule has 0 fully saturated rings. The first-order valence-electron chi connectivity index (χ1n) is 7.46. The zero-order valence-electron chi connectivity index (χ0n) is 12.8. The molecule has 0 bridgehead atoms. The molecular formula is C18H11F3N4. The van der Waals surface area contributed by atoms with Crippen molar-refractivity contribution in [1.82, 2.24) is 19.6 Å². The summed E-state index contributed by atoms with van der Waals surface area (Å²) in [7, 11) is 0. The van der Waals surface area contributed by atoms with Crippen molar-refractivity contribution in [2.45, 2.75) is 6.18 Å². The number of nitrogens with zero attached hydrogens (tertiary/aromatic N) is 4. The molecule has 1 aromatic carbocycles. The van der Waals surface area contributed by atoms with Gasteiger partial charge in [-0.25, -0.2) is 0 Å². The van der Waals surface area contributed by atoms with Gasteiger partial charge in [-0.3, -0.25) is 9.38 Å². The van der Waals surface area contributed by atoms with Crippen LogP contribution in [0.2, 0.25) is 0 Å². The Labute approximate surface area is 140 Å². The van der Waals surface area contributed by atoms with Crippen LogP contribution in [0.4, 0.5) is 13.2 Å². The molecule has 0 aliphatic carbocycles. The topological polar surface area (TPSA) is 43.1 Å². The molecule has 0 aliphatic rings. The molecule has 0 amide bonds. The Balaban J connectivity index is 2.06. The Morgan fingerprint density at radius 1 is 0.840 bits per heavy atom. The molecule has 0 radical (unpaired) electrons. The molecule has 0 atom stereocenters. The van der Waals surface area contributed by atoms with Crippen LogP contribution in [-0.4, -0.2) is 19.6 Å². The first-order chi connectivity index (χ1) is 12.0. The van der Waals surface area contributed by atoms with Crippen LogP contribution in [0.1, 0.15) is 5.56 Å². The van der Waals surface area contributed by atoms with E-state index in [0.717, 1.165) is 12.1 Å². The van der Waals surface area contributed by atoms with Gasteiger partial charge in [-0.1, -0.05) is 30.3 Å². The van der Waals surface area contributed by atoms with Gasteiger partial charge in [0.15, 0.2) is 11.5 Å². The van der Waals surface area contributed by atoms with Crippen molar-refractivity contribution in [3.8, 4) is 22.6 Å². The molecule has 7 heteroatoms. The highest BCUT2D eigenvalue weighted by Crippen LogP contribution is 2.34. The van der Waals surface area contributed by atoms with Gasteiger partial charge < -0.3 is 0 Å². The number of pyridine rings is 2. The second-order valence-corrected chi connectivity index (χ2v) is 5.45. The summed E-state index contributed by atoms with van der Waals surface area (Å²) in [4.78, 5) is 4.05. The van der Waals surface area contributed by atoms with Gasteiger partial charge in [0.2, 0.25) is 0 Å². The standard InChI is InChI=1S/C18H11F3N4/c19-18(20,21)14-9-15(12-5-2-1-3-6-12)25-16(10-14)23-24-17(25)13-7-4-8-22-11-13/h1-11H. The third-order valence-electron chi connectivity index (χ3n) is 3.82. The second-order valence-electron chi connectivity index (χ2n) is 5.45. The van der Waals surface area contributed by atoms with Crippen LogP contribution in [0, 0.1) is 0 Å². The van der Waals surface area contributed by atoms with Gasteiger partial charge in [-0.05, 0) is 29.8 Å². The molecule has 3 heterocycles. The Kier molecular flexibility index (Phi) is 3.49. The normalized spacial score (nSPS) is 11.8. The third kappa shape index (κ3) is 2.73. The van der Waals surface area contributed by atoms with E-state index in [4.69, 9.17) is 0 Å². The smallest absolute Gasteiger partial charge is 0.275 e. The zero-order chi connectivity index (χ0) is 17.4. The minimum atomic E-state index is -4.47. The van der Waals surface area contributed by atoms with E-state index in [1.165, 1.54) is 0 Å². The number of halogens is 3. The summed E-state index contributed by atoms with van der Waals surface area (Å²) in [5, 5.41) is 8.02. The van der Waals surface area contributed by atoms with Crippen LogP contribution in [0.3, 0.4) is 0 Å². The molecule has 0 spiro atoms. The Hall–Kier alpha value is -3.22. The summed E-state index contributed by atoms with van der Waals surface area (Å²) in [6.45, 7) is 0. The largest absolute Gasteiger partial charge is 0.416 e. The van der Waals surface area contributed by atoms with Gasteiger partial charge in [0.25, 0.3) is 0 Å². The van der Waals surface area contributed by atoms with E-state index in [1.807, 2.05) is 6.07 Å². The van der Waals surface area contributed by atoms with Gasteiger partial charge in [-0.15, -0.1) is 10.2 Å². The predicted octanol–water partition coefficient (Wildman–Crippen LogP) is 4.48. The van der Waals surface area contributed by atoms with Crippen molar-refractivity contribution in [2.75, 3.05) is 0 Å². The van der Waals surface area contributed by atoms with Gasteiger partial charge in [0, 0.05) is 18.0 Å². The average Bonchev–Trinajstić information content (AvgIpc) is 3.06. The molecule has 4 nitrogen and oxygen atoms in total. The summed E-state index contributed by atoms with van der Waals surface area (Å²) in [6.07, 6.45) is -1.25. The fourth-order valence-corrected chi connectivity index (χ4v) is 2.69. The molecule has 124 valence electrons. The number of fused-ring (bicyclic) bond motifs is 1. The number of hydrogen-bond donors (Lipinski definition) is 0. The first-order valence-corrected chi connectivity index (χ1v) is 7.46. The van der Waals surface area contributed by atoms with Crippen LogP contribution >= 0.6 is 0 Å². The first kappa shape index (κ1) is 15.3. The Morgan fingerprint density at radius 3 is 2.28 bits per heavy atom. The molecule has 4 rings (SSSR count). The maximum Gasteiger partial charge on any atom is 0.416 e. The molecule has 4 aromatic rings. The van der Waals surface area contributed by atoms with Crippen LogP contribution in [0.5, 0.6) is 0 Å². The SMILES string of the molecule is FC(F)(F)c1cc(-c2ccccc2)n2c(-c3cccnc3)nnc2c1. The van der Waals surface area contributed by atoms with E-state index in [-0.39, 0.29) is 5.65 Å². The Morgan fingerprint density at radius 2 is 1.60 bits per heavy atom. The minimum absolute atomic E-state index is 0.132. The van der Waals surface area contributed by atoms with Crippen LogP contribution in [0.15, 0.2) is 67.0 Å². The zero-order valence-corrected chi connectivity index (χ0v) is 12.8. The van der Waals surface area contributed by atoms with Crippen molar-refractivity contribution < 1.29 is 13.2 Å². The molecule has 0 saturated carbocycles. The summed E-state index contributed by atoms with van der Waals surface area (Å²) in [6, 6.07) is 14.5. The molecular weight excluding hydrogens is 329 g/mol. The minimum Gasteiger partial charge on any atom is -0.275 e. The molecule has 0 unspecified atom stereocenters. The third-order valence-corrected chi connectivity index (χ3v) is 3.82. The predicted molar refractivity (Wildman–Crippen MR) is 86.7 cm³/mol. The number of rotatable bonds is 2. The van der Waals surface area contributed by atoms with Gasteiger partial charge in [0.05, 0.1) is 11.3 Å². The summed E-state index contributed by atoms with van der Waals surface area (Å²) in [5.74, 6) is 0.440. The number of hydrogen-bond acceptors (Lipinski definition) is 3. The summed E-state index contributed by atoms with van der Waals surface area (Å²) in [5.41, 5.74) is 1.06. The van der Waals surface area contributed by atoms with Crippen molar-refractivity contribution >= 4 is 5.65 Å². The Bertz CT molecular complexity index is 1020. The average molecular weight is 340 g/mol. The lowest BCUT2D eigenvalue weighted by atomic mass is 10.1. The van der Waals surface area contributed by atoms with Gasteiger partial charge >= 0.3 is 6.18 Å². The second kappa shape index (κ2) is 5.70. The van der Waals surface area contributed by atoms with E-state index in [2.05, 4.69) is 15.2 Å². The van der Waals surface area contributed by atoms with E-state index in [1.54, 1.807) is 53.2 Å². The van der Waals surface area contributed by atoms with Crippen molar-refractivity contribution in [2.24, 2.45) is 0 Å². The maximum absolute atomic E-state index is 13.3. The van der Waals surface area contributed by atoms with E-state index in [9.17, 15) is 13.2 Å². The quantitative estimate of drug-likeness (QED) is 0.540. The molecule has 25 heavy (non-hydrogen) atoms. The lowest BCUT2D eigenvalue weighted by molar-refractivity contribution is -0.137. The highest BCUT2D eigenvalue weighted by atomic mass is 19.4. The maximum atomic E-state index is 13.3. The van der Waals surface area contributed by atoms with E-state index < -0.39 is 11.7 Å². The van der Waals surface area contributed by atoms with Crippen LogP contribution in [0.25, 0.3) is 28.3 Å². The van der Waals surface area contributed by atoms with Crippen molar-refractivity contribution in [3.63, 3.8) is 0 Å². The van der Waals surface area contributed by atoms with Gasteiger partial charge in [0.1, 0.15) is 0 Å². The molecule has 3 aromatic heterocycles. The molecule has 0 aliphatic heterocycles. The number of benzene rings is 1. The highest BCUT2D eigenvalue weighted by Gasteiger charge is 2.32. The number of alkyl halides is 3. The monoisotopic (exact) mass is 340 g/mol. The van der Waals surface area contributed by atoms with Crippen LogP contribution in [-0.2, 0) is 6.18 Å². The van der Waals surface area contributed by atoms with Crippen molar-refractivity contribution in [1.29, 1.82) is 0 Å². The molecule has 0 N–H and O–H groups in total. The number of aromatic nitrogens is 4. The lowest BCUT2D eigenvalue weighted by Crippen LogP contribution is -2.07. The summed E-state index contributed by atoms with van der Waals surface area (Å²) < 4.78 is 41.4. The lowest BCUT2D eigenvalue weighted by Gasteiger charge is -2.13. The fourth-order valence-electron chi connectivity index (χ4n) is 2.69. The van der Waals surface area contributed by atoms with Crippen molar-refractivity contribution in [3.05, 3.63) is 72.6 Å².